The van der Waals surface area contributed by atoms with Crippen molar-refractivity contribution in [3.8, 4) is 0 Å². The summed E-state index contributed by atoms with van der Waals surface area (Å²) in [5.74, 6) is 0.580. The van der Waals surface area contributed by atoms with Gasteiger partial charge in [-0.05, 0) is 46.7 Å². The zero-order valence-electron chi connectivity index (χ0n) is 12.2. The average Bonchev–Trinajstić information content (AvgIpc) is 2.38. The predicted molar refractivity (Wildman–Crippen MR) is 76.7 cm³/mol. The molecule has 0 saturated carbocycles. The lowest BCUT2D eigenvalue weighted by atomic mass is 10.1. The van der Waals surface area contributed by atoms with Crippen LogP contribution in [0.3, 0.4) is 0 Å². The second-order valence-electron chi connectivity index (χ2n) is 6.01. The molecule has 108 valence electrons. The highest BCUT2D eigenvalue weighted by Gasteiger charge is 2.27. The molecule has 1 heterocycles. The van der Waals surface area contributed by atoms with E-state index in [-0.39, 0.29) is 11.3 Å². The minimum absolute atomic E-state index is 0.119. The molecule has 1 saturated heterocycles. The molecule has 5 heteroatoms. The maximum Gasteiger partial charge on any atom is 0.150 e. The molecule has 0 aromatic heterocycles. The first-order chi connectivity index (χ1) is 8.26. The number of sulfone groups is 1. The van der Waals surface area contributed by atoms with Crippen LogP contribution in [0.25, 0.3) is 0 Å². The van der Waals surface area contributed by atoms with Gasteiger partial charge >= 0.3 is 0 Å². The molecule has 1 unspecified atom stereocenters. The molecule has 1 aliphatic heterocycles. The second-order valence-corrected chi connectivity index (χ2v) is 8.48. The Morgan fingerprint density at radius 3 is 2.67 bits per heavy atom. The Bertz CT molecular complexity index is 352. The number of hydrogen-bond donors (Lipinski definition) is 1. The van der Waals surface area contributed by atoms with Crippen molar-refractivity contribution in [3.05, 3.63) is 0 Å². The van der Waals surface area contributed by atoms with Crippen LogP contribution in [-0.4, -0.2) is 56.0 Å². The lowest BCUT2D eigenvalue weighted by Gasteiger charge is -2.32. The fourth-order valence-electron chi connectivity index (χ4n) is 2.45. The Hall–Kier alpha value is -0.130. The van der Waals surface area contributed by atoms with Gasteiger partial charge in [0.05, 0.1) is 5.75 Å². The summed E-state index contributed by atoms with van der Waals surface area (Å²) in [6.07, 6.45) is 1.88. The van der Waals surface area contributed by atoms with E-state index in [1.54, 1.807) is 6.92 Å². The maximum atomic E-state index is 11.5. The van der Waals surface area contributed by atoms with Crippen molar-refractivity contribution in [1.29, 1.82) is 0 Å². The van der Waals surface area contributed by atoms with Crippen LogP contribution in [0.2, 0.25) is 0 Å². The van der Waals surface area contributed by atoms with Gasteiger partial charge in [0.15, 0.2) is 0 Å². The topological polar surface area (TPSA) is 49.4 Å². The first-order valence-corrected chi connectivity index (χ1v) is 8.77. The molecule has 0 aliphatic carbocycles. The van der Waals surface area contributed by atoms with Crippen LogP contribution < -0.4 is 5.32 Å². The molecule has 1 aliphatic rings. The Balaban J connectivity index is 2.48. The number of nitrogens with zero attached hydrogens (tertiary/aromatic N) is 1. The monoisotopic (exact) mass is 276 g/mol. The molecule has 0 spiro atoms. The number of rotatable bonds is 5. The lowest BCUT2D eigenvalue weighted by molar-refractivity contribution is 0.182. The lowest BCUT2D eigenvalue weighted by Crippen LogP contribution is -2.47. The fourth-order valence-corrected chi connectivity index (χ4v) is 3.31. The van der Waals surface area contributed by atoms with Crippen molar-refractivity contribution in [3.63, 3.8) is 0 Å². The van der Waals surface area contributed by atoms with Crippen LogP contribution in [-0.2, 0) is 9.84 Å². The van der Waals surface area contributed by atoms with Gasteiger partial charge in [-0.2, -0.15) is 0 Å². The summed E-state index contributed by atoms with van der Waals surface area (Å²) < 4.78 is 23.0. The Morgan fingerprint density at radius 2 is 2.06 bits per heavy atom. The van der Waals surface area contributed by atoms with Crippen molar-refractivity contribution < 1.29 is 8.42 Å². The van der Waals surface area contributed by atoms with Gasteiger partial charge in [0.1, 0.15) is 9.84 Å². The number of hydrogen-bond acceptors (Lipinski definition) is 4. The minimum atomic E-state index is -2.82. The molecule has 18 heavy (non-hydrogen) atoms. The quantitative estimate of drug-likeness (QED) is 0.822. The molecule has 4 nitrogen and oxygen atoms in total. The molecular weight excluding hydrogens is 248 g/mol. The van der Waals surface area contributed by atoms with E-state index in [0.29, 0.717) is 11.8 Å². The van der Waals surface area contributed by atoms with Gasteiger partial charge in [-0.25, -0.2) is 8.42 Å². The summed E-state index contributed by atoms with van der Waals surface area (Å²) in [7, 11) is -2.82. The van der Waals surface area contributed by atoms with Crippen molar-refractivity contribution in [2.45, 2.75) is 52.1 Å². The third kappa shape index (κ3) is 5.24. The number of nitrogens with one attached hydrogen (secondary N) is 1. The van der Waals surface area contributed by atoms with Crippen LogP contribution in [0.5, 0.6) is 0 Å². The Morgan fingerprint density at radius 1 is 1.39 bits per heavy atom. The molecule has 0 amide bonds. The van der Waals surface area contributed by atoms with Crippen LogP contribution in [0.1, 0.15) is 40.5 Å². The van der Waals surface area contributed by atoms with Gasteiger partial charge in [-0.15, -0.1) is 0 Å². The van der Waals surface area contributed by atoms with Crippen LogP contribution in [0, 0.1) is 0 Å². The van der Waals surface area contributed by atoms with Crippen LogP contribution >= 0.6 is 0 Å². The summed E-state index contributed by atoms with van der Waals surface area (Å²) in [5.41, 5.74) is 0.119. The van der Waals surface area contributed by atoms with E-state index in [2.05, 4.69) is 31.0 Å². The van der Waals surface area contributed by atoms with Gasteiger partial charge in [-0.3, -0.25) is 4.90 Å². The molecule has 0 aromatic rings. The Kier molecular flexibility index (Phi) is 5.62. The van der Waals surface area contributed by atoms with E-state index in [0.717, 1.165) is 32.5 Å². The van der Waals surface area contributed by atoms with Crippen molar-refractivity contribution in [2.75, 3.05) is 31.1 Å². The predicted octanol–water partition coefficient (Wildman–Crippen LogP) is 1.27. The van der Waals surface area contributed by atoms with E-state index < -0.39 is 9.84 Å². The summed E-state index contributed by atoms with van der Waals surface area (Å²) in [4.78, 5) is 2.42. The van der Waals surface area contributed by atoms with E-state index in [1.807, 2.05) is 0 Å². The van der Waals surface area contributed by atoms with Gasteiger partial charge < -0.3 is 5.32 Å². The van der Waals surface area contributed by atoms with Crippen molar-refractivity contribution in [1.82, 2.24) is 10.2 Å². The average molecular weight is 276 g/mol. The van der Waals surface area contributed by atoms with Crippen LogP contribution in [0.4, 0.5) is 0 Å². The standard InChI is InChI=1S/C13H28N2O2S/c1-5-18(16,17)10-6-9-15-11-13(3,4)14-8-7-12(15)2/h12,14H,5-11H2,1-4H3. The van der Waals surface area contributed by atoms with Crippen molar-refractivity contribution >= 4 is 9.84 Å². The molecule has 0 bridgehead atoms. The summed E-state index contributed by atoms with van der Waals surface area (Å²) in [6.45, 7) is 11.3. The second kappa shape index (κ2) is 6.35. The molecule has 1 atom stereocenters. The first-order valence-electron chi connectivity index (χ1n) is 6.95. The summed E-state index contributed by atoms with van der Waals surface area (Å²) >= 11 is 0. The van der Waals surface area contributed by atoms with E-state index >= 15 is 0 Å². The molecular formula is C13H28N2O2S. The molecule has 1 rings (SSSR count). The van der Waals surface area contributed by atoms with Gasteiger partial charge in [-0.1, -0.05) is 6.92 Å². The minimum Gasteiger partial charge on any atom is -0.310 e. The normalized spacial score (nSPS) is 25.9. The highest BCUT2D eigenvalue weighted by atomic mass is 32.2. The van der Waals surface area contributed by atoms with Gasteiger partial charge in [0.2, 0.25) is 0 Å². The summed E-state index contributed by atoms with van der Waals surface area (Å²) in [5, 5.41) is 3.54. The van der Waals surface area contributed by atoms with E-state index in [1.165, 1.54) is 0 Å². The SMILES string of the molecule is CCS(=O)(=O)CCCN1CC(C)(C)NCCC1C. The van der Waals surface area contributed by atoms with E-state index in [4.69, 9.17) is 0 Å². The molecule has 1 N–H and O–H groups in total. The maximum absolute atomic E-state index is 11.5. The first kappa shape index (κ1) is 15.9. The van der Waals surface area contributed by atoms with Crippen LogP contribution in [0.15, 0.2) is 0 Å². The van der Waals surface area contributed by atoms with Gasteiger partial charge in [0, 0.05) is 23.9 Å². The molecule has 1 fully saturated rings. The third-order valence-electron chi connectivity index (χ3n) is 3.73. The van der Waals surface area contributed by atoms with Gasteiger partial charge in [0.25, 0.3) is 0 Å². The highest BCUT2D eigenvalue weighted by Crippen LogP contribution is 2.16. The zero-order valence-corrected chi connectivity index (χ0v) is 13.0. The summed E-state index contributed by atoms with van der Waals surface area (Å²) in [6, 6.07) is 0.531. The zero-order chi connectivity index (χ0) is 13.8. The Labute approximate surface area is 112 Å². The smallest absolute Gasteiger partial charge is 0.150 e. The largest absolute Gasteiger partial charge is 0.310 e. The van der Waals surface area contributed by atoms with E-state index in [9.17, 15) is 8.42 Å². The molecule has 0 aromatic carbocycles. The van der Waals surface area contributed by atoms with Crippen molar-refractivity contribution in [2.24, 2.45) is 0 Å². The molecule has 0 radical (unpaired) electrons. The third-order valence-corrected chi connectivity index (χ3v) is 5.52. The highest BCUT2D eigenvalue weighted by molar-refractivity contribution is 7.91. The fraction of sp³-hybridized carbons (Fsp3) is 1.00.